The Balaban J connectivity index is 1.22. The Bertz CT molecular complexity index is 1330. The molecule has 4 aliphatic rings. The molecule has 1 saturated carbocycles. The van der Waals surface area contributed by atoms with Crippen LogP contribution < -0.4 is 0 Å². The van der Waals surface area contributed by atoms with Crippen LogP contribution in [0.5, 0.6) is 5.75 Å². The Morgan fingerprint density at radius 3 is 2.56 bits per heavy atom. The fourth-order valence-electron chi connectivity index (χ4n) is 7.41. The van der Waals surface area contributed by atoms with Gasteiger partial charge in [0.2, 0.25) is 11.8 Å². The highest BCUT2D eigenvalue weighted by atomic mass is 19.1. The van der Waals surface area contributed by atoms with Crippen LogP contribution in [-0.2, 0) is 14.3 Å². The number of carbonyl (C=O) groups excluding carboxylic acids is 2. The molecule has 39 heavy (non-hydrogen) atoms. The van der Waals surface area contributed by atoms with Crippen molar-refractivity contribution in [2.45, 2.75) is 70.4 Å². The number of phenols is 1. The predicted octanol–water partition coefficient (Wildman–Crippen LogP) is 6.52. The van der Waals surface area contributed by atoms with Crippen LogP contribution in [0.2, 0.25) is 0 Å². The van der Waals surface area contributed by atoms with Crippen molar-refractivity contribution < 1.29 is 23.8 Å². The van der Waals surface area contributed by atoms with E-state index in [9.17, 15) is 19.1 Å². The van der Waals surface area contributed by atoms with E-state index in [2.05, 4.69) is 6.92 Å². The highest BCUT2D eigenvalue weighted by Gasteiger charge is 2.57. The summed E-state index contributed by atoms with van der Waals surface area (Å²) < 4.78 is 20.4. The maximum Gasteiger partial charge on any atom is 0.234 e. The Hall–Kier alpha value is -3.25. The molecule has 2 heterocycles. The first-order chi connectivity index (χ1) is 18.9. The van der Waals surface area contributed by atoms with Crippen LogP contribution in [0.15, 0.2) is 59.7 Å². The van der Waals surface area contributed by atoms with E-state index in [1.807, 2.05) is 36.4 Å². The lowest BCUT2D eigenvalue weighted by atomic mass is 9.70. The number of halogens is 1. The lowest BCUT2D eigenvalue weighted by Gasteiger charge is -2.31. The molecule has 0 radical (unpaired) electrons. The van der Waals surface area contributed by atoms with E-state index in [4.69, 9.17) is 4.74 Å². The molecule has 0 bridgehead atoms. The number of hydrogen-bond acceptors (Lipinski definition) is 4. The van der Waals surface area contributed by atoms with Gasteiger partial charge in [0.15, 0.2) is 11.6 Å². The van der Waals surface area contributed by atoms with Crippen molar-refractivity contribution in [1.82, 2.24) is 4.90 Å². The van der Waals surface area contributed by atoms with Crippen molar-refractivity contribution in [3.8, 4) is 5.75 Å². The van der Waals surface area contributed by atoms with Gasteiger partial charge in [0.25, 0.3) is 0 Å². The molecule has 3 fully saturated rings. The molecule has 1 N–H and O–H groups in total. The second kappa shape index (κ2) is 10.7. The second-order valence-corrected chi connectivity index (χ2v) is 11.6. The van der Waals surface area contributed by atoms with Crippen LogP contribution in [-0.4, -0.2) is 40.6 Å². The van der Waals surface area contributed by atoms with Crippen LogP contribution >= 0.6 is 0 Å². The number of imide groups is 1. The van der Waals surface area contributed by atoms with Crippen molar-refractivity contribution in [3.63, 3.8) is 0 Å². The van der Waals surface area contributed by atoms with E-state index in [1.165, 1.54) is 29.7 Å². The number of amides is 2. The topological polar surface area (TPSA) is 66.8 Å². The van der Waals surface area contributed by atoms with Gasteiger partial charge in [-0.25, -0.2) is 4.39 Å². The molecule has 2 aromatic carbocycles. The van der Waals surface area contributed by atoms with Gasteiger partial charge in [-0.2, -0.15) is 0 Å². The highest BCUT2D eigenvalue weighted by Crippen LogP contribution is 2.50. The van der Waals surface area contributed by atoms with E-state index >= 15 is 0 Å². The molecule has 2 aliphatic heterocycles. The summed E-state index contributed by atoms with van der Waals surface area (Å²) in [6.45, 7) is 2.58. The molecule has 2 amide bonds. The predicted molar refractivity (Wildman–Crippen MR) is 148 cm³/mol. The molecule has 204 valence electrons. The number of ether oxygens (including phenoxy) is 1. The number of aromatic hydroxyl groups is 1. The summed E-state index contributed by atoms with van der Waals surface area (Å²) in [6, 6.07) is 14.5. The van der Waals surface area contributed by atoms with Crippen LogP contribution in [0.25, 0.3) is 11.6 Å². The van der Waals surface area contributed by atoms with Gasteiger partial charge in [0, 0.05) is 12.0 Å². The molecule has 5 nitrogen and oxygen atoms in total. The van der Waals surface area contributed by atoms with E-state index in [1.54, 1.807) is 11.0 Å². The Kier molecular flexibility index (Phi) is 7.15. The first-order valence-corrected chi connectivity index (χ1v) is 14.3. The van der Waals surface area contributed by atoms with Gasteiger partial charge < -0.3 is 9.84 Å². The Morgan fingerprint density at radius 1 is 1.05 bits per heavy atom. The zero-order valence-electron chi connectivity index (χ0n) is 22.4. The van der Waals surface area contributed by atoms with Crippen molar-refractivity contribution >= 4 is 23.5 Å². The zero-order chi connectivity index (χ0) is 27.1. The normalized spacial score (nSPS) is 27.7. The van der Waals surface area contributed by atoms with Crippen LogP contribution in [0, 0.1) is 23.6 Å². The van der Waals surface area contributed by atoms with E-state index in [-0.39, 0.29) is 47.5 Å². The smallest absolute Gasteiger partial charge is 0.234 e. The first-order valence-electron chi connectivity index (χ1n) is 14.3. The molecule has 6 rings (SSSR count). The molecule has 0 unspecified atom stereocenters. The fraction of sp³-hybridized carbons (Fsp3) is 0.455. The number of benzene rings is 2. The third-order valence-corrected chi connectivity index (χ3v) is 9.26. The summed E-state index contributed by atoms with van der Waals surface area (Å²) in [4.78, 5) is 28.8. The standard InChI is InChI=1S/C33H36FNO4/c1-20-16-25-31(33(38)35(32(25)37)24-10-6-3-7-11-24)26-19-39-29(30(20)26)15-13-23(22-8-4-2-5-9-22)17-21-12-14-28(36)27(34)18-21/h2,4-5,8-9,12,14,17-18,24-26,29,31,36H,3,6-7,10-11,13,15-16,19H2,1H3/b23-17-/t25-,26+,29-,31-/m1/s1. The summed E-state index contributed by atoms with van der Waals surface area (Å²) in [7, 11) is 0. The summed E-state index contributed by atoms with van der Waals surface area (Å²) in [5.74, 6) is -1.53. The third kappa shape index (κ3) is 4.84. The Morgan fingerprint density at radius 2 is 1.82 bits per heavy atom. The number of likely N-dealkylation sites (tertiary alicyclic amines) is 1. The van der Waals surface area contributed by atoms with Crippen LogP contribution in [0.3, 0.4) is 0 Å². The molecule has 6 heteroatoms. The minimum Gasteiger partial charge on any atom is -0.505 e. The van der Waals surface area contributed by atoms with Gasteiger partial charge in [-0.3, -0.25) is 14.5 Å². The van der Waals surface area contributed by atoms with Crippen molar-refractivity contribution in [2.24, 2.45) is 17.8 Å². The molecular formula is C33H36FNO4. The summed E-state index contributed by atoms with van der Waals surface area (Å²) >= 11 is 0. The van der Waals surface area contributed by atoms with Gasteiger partial charge in [-0.1, -0.05) is 67.3 Å². The lowest BCUT2D eigenvalue weighted by Crippen LogP contribution is -2.42. The summed E-state index contributed by atoms with van der Waals surface area (Å²) in [5, 5.41) is 9.60. The lowest BCUT2D eigenvalue weighted by molar-refractivity contribution is -0.143. The molecule has 0 aromatic heterocycles. The minimum atomic E-state index is -0.645. The number of fused-ring (bicyclic) bond motifs is 3. The van der Waals surface area contributed by atoms with Crippen LogP contribution in [0.1, 0.15) is 69.4 Å². The highest BCUT2D eigenvalue weighted by molar-refractivity contribution is 6.06. The van der Waals surface area contributed by atoms with Gasteiger partial charge in [0.05, 0.1) is 24.5 Å². The van der Waals surface area contributed by atoms with E-state index < -0.39 is 5.82 Å². The van der Waals surface area contributed by atoms with Gasteiger partial charge in [-0.15, -0.1) is 0 Å². The van der Waals surface area contributed by atoms with Gasteiger partial charge >= 0.3 is 0 Å². The van der Waals surface area contributed by atoms with Crippen molar-refractivity contribution in [1.29, 1.82) is 0 Å². The second-order valence-electron chi connectivity index (χ2n) is 11.6. The number of rotatable bonds is 6. The maximum atomic E-state index is 14.0. The van der Waals surface area contributed by atoms with Crippen molar-refractivity contribution in [3.05, 3.63) is 76.6 Å². The van der Waals surface area contributed by atoms with Gasteiger partial charge in [0.1, 0.15) is 0 Å². The van der Waals surface area contributed by atoms with Gasteiger partial charge in [-0.05, 0) is 73.4 Å². The number of hydrogen-bond donors (Lipinski definition) is 1. The molecule has 2 aromatic rings. The molecular weight excluding hydrogens is 493 g/mol. The molecule has 0 spiro atoms. The third-order valence-electron chi connectivity index (χ3n) is 9.26. The molecule has 4 atom stereocenters. The molecule has 2 aliphatic carbocycles. The first kappa shape index (κ1) is 26.0. The number of phenolic OH excluding ortho intramolecular Hbond substituents is 1. The SMILES string of the molecule is CC1=C2[C@@H](CC/C(=C/c3ccc(O)c(F)c3)c3ccccc3)OC[C@@H]2[C@@H]2C(=O)N(C3CCCCC3)C(=O)[C@@H]2C1. The quantitative estimate of drug-likeness (QED) is 0.263. The number of allylic oxidation sites excluding steroid dienone is 2. The van der Waals surface area contributed by atoms with E-state index in [0.717, 1.165) is 43.2 Å². The van der Waals surface area contributed by atoms with E-state index in [0.29, 0.717) is 25.0 Å². The number of carbonyl (C=O) groups is 2. The van der Waals surface area contributed by atoms with Crippen LogP contribution in [0.4, 0.5) is 4.39 Å². The summed E-state index contributed by atoms with van der Waals surface area (Å²) in [6.07, 6.45) is 9.15. The monoisotopic (exact) mass is 529 g/mol. The average molecular weight is 530 g/mol. The fourth-order valence-corrected chi connectivity index (χ4v) is 7.41. The zero-order valence-corrected chi connectivity index (χ0v) is 22.4. The Labute approximate surface area is 229 Å². The number of nitrogens with zero attached hydrogens (tertiary/aromatic N) is 1. The minimum absolute atomic E-state index is 0.0235. The largest absolute Gasteiger partial charge is 0.505 e. The average Bonchev–Trinajstić information content (AvgIpc) is 3.48. The maximum absolute atomic E-state index is 14.0. The molecule has 2 saturated heterocycles. The van der Waals surface area contributed by atoms with Crippen molar-refractivity contribution in [2.75, 3.05) is 6.61 Å². The summed E-state index contributed by atoms with van der Waals surface area (Å²) in [5.41, 5.74) is 5.19.